The molecule has 0 aromatic rings. The number of nitrogens with one attached hydrogen (secondary N) is 1. The summed E-state index contributed by atoms with van der Waals surface area (Å²) < 4.78 is 0. The molecule has 0 saturated carbocycles. The van der Waals surface area contributed by atoms with E-state index < -0.39 is 6.10 Å². The van der Waals surface area contributed by atoms with Gasteiger partial charge in [-0.2, -0.15) is 0 Å². The van der Waals surface area contributed by atoms with Gasteiger partial charge in [0.1, 0.15) is 6.10 Å². The lowest BCUT2D eigenvalue weighted by Gasteiger charge is -1.98. The molecule has 0 radical (unpaired) electrons. The average Bonchev–Trinajstić information content (AvgIpc) is 1.88. The van der Waals surface area contributed by atoms with Gasteiger partial charge < -0.3 is 10.5 Å². The molecule has 0 aliphatic heterocycles. The molecule has 0 spiro atoms. The van der Waals surface area contributed by atoms with E-state index in [4.69, 9.17) is 10.5 Å². The minimum atomic E-state index is -0.726. The van der Waals surface area contributed by atoms with Crippen LogP contribution >= 0.6 is 0 Å². The first-order chi connectivity index (χ1) is 4.68. The quantitative estimate of drug-likeness (QED) is 0.452. The summed E-state index contributed by atoms with van der Waals surface area (Å²) in [6.45, 7) is 3.47. The third-order valence-corrected chi connectivity index (χ3v) is 1.04. The number of hydrogen-bond donors (Lipinski definition) is 2. The lowest BCUT2D eigenvalue weighted by Crippen LogP contribution is -2.11. The van der Waals surface area contributed by atoms with Crippen LogP contribution in [-0.4, -0.2) is 16.9 Å². The van der Waals surface area contributed by atoms with Gasteiger partial charge >= 0.3 is 0 Å². The molecule has 0 saturated heterocycles. The Morgan fingerprint density at radius 2 is 2.10 bits per heavy atom. The second kappa shape index (κ2) is 4.94. The molecular weight excluding hydrogens is 126 g/mol. The van der Waals surface area contributed by atoms with Gasteiger partial charge in [0.2, 0.25) is 0 Å². The van der Waals surface area contributed by atoms with E-state index in [0.717, 1.165) is 0 Å². The fourth-order valence-electron chi connectivity index (χ4n) is 0.425. The third kappa shape index (κ3) is 4.04. The van der Waals surface area contributed by atoms with E-state index >= 15 is 0 Å². The molecule has 1 atom stereocenters. The van der Waals surface area contributed by atoms with Crippen LogP contribution in [0.2, 0.25) is 0 Å². The first-order valence-electron chi connectivity index (χ1n) is 3.21. The zero-order valence-corrected chi connectivity index (χ0v) is 6.33. The van der Waals surface area contributed by atoms with E-state index in [1.807, 2.05) is 19.1 Å². The molecule has 2 N–H and O–H groups in total. The van der Waals surface area contributed by atoms with Gasteiger partial charge in [-0.1, -0.05) is 24.3 Å². The Morgan fingerprint density at radius 1 is 1.50 bits per heavy atom. The van der Waals surface area contributed by atoms with Crippen molar-refractivity contribution in [3.05, 3.63) is 24.3 Å². The van der Waals surface area contributed by atoms with Crippen LogP contribution in [0, 0.1) is 5.41 Å². The fraction of sp³-hybridized carbons (Fsp3) is 0.375. The van der Waals surface area contributed by atoms with Gasteiger partial charge in [-0.05, 0) is 13.8 Å². The van der Waals surface area contributed by atoms with Crippen molar-refractivity contribution in [2.75, 3.05) is 0 Å². The molecule has 0 fully saturated rings. The predicted molar refractivity (Wildman–Crippen MR) is 43.4 cm³/mol. The van der Waals surface area contributed by atoms with Crippen molar-refractivity contribution < 1.29 is 5.11 Å². The maximum atomic E-state index is 9.01. The lowest BCUT2D eigenvalue weighted by molar-refractivity contribution is 0.287. The van der Waals surface area contributed by atoms with Crippen LogP contribution in [0.1, 0.15) is 13.8 Å². The fourth-order valence-corrected chi connectivity index (χ4v) is 0.425. The monoisotopic (exact) mass is 139 g/mol. The number of aliphatic hydroxyl groups is 1. The molecule has 1 unspecified atom stereocenters. The molecule has 2 heteroatoms. The van der Waals surface area contributed by atoms with E-state index in [2.05, 4.69) is 0 Å². The van der Waals surface area contributed by atoms with Crippen molar-refractivity contribution in [3.8, 4) is 0 Å². The van der Waals surface area contributed by atoms with Gasteiger partial charge in [0.25, 0.3) is 0 Å². The van der Waals surface area contributed by atoms with Gasteiger partial charge in [0.15, 0.2) is 0 Å². The standard InChI is InChI=1S/C8H13NO/c1-3-4-5-6-8(10)7(2)9/h3-6,8-10H,1-2H3/b4-3+,6-5?,9-7?. The van der Waals surface area contributed by atoms with Gasteiger partial charge in [-0.3, -0.25) is 0 Å². The average molecular weight is 139 g/mol. The van der Waals surface area contributed by atoms with Crippen LogP contribution in [-0.2, 0) is 0 Å². The smallest absolute Gasteiger partial charge is 0.109 e. The Kier molecular flexibility index (Phi) is 4.50. The van der Waals surface area contributed by atoms with Crippen LogP contribution in [0.25, 0.3) is 0 Å². The first-order valence-corrected chi connectivity index (χ1v) is 3.21. The molecule has 56 valence electrons. The summed E-state index contributed by atoms with van der Waals surface area (Å²) in [5.74, 6) is 0. The molecule has 0 aliphatic carbocycles. The summed E-state index contributed by atoms with van der Waals surface area (Å²) in [6, 6.07) is 0. The summed E-state index contributed by atoms with van der Waals surface area (Å²) in [5, 5.41) is 16.0. The normalized spacial score (nSPS) is 14.7. The van der Waals surface area contributed by atoms with E-state index in [9.17, 15) is 0 Å². The highest BCUT2D eigenvalue weighted by atomic mass is 16.3. The number of allylic oxidation sites excluding steroid dienone is 3. The van der Waals surface area contributed by atoms with Crippen LogP contribution in [0.4, 0.5) is 0 Å². The Morgan fingerprint density at radius 3 is 2.50 bits per heavy atom. The van der Waals surface area contributed by atoms with E-state index in [-0.39, 0.29) is 5.71 Å². The lowest BCUT2D eigenvalue weighted by atomic mass is 10.2. The van der Waals surface area contributed by atoms with Crippen molar-refractivity contribution in [2.24, 2.45) is 0 Å². The van der Waals surface area contributed by atoms with Gasteiger partial charge in [0.05, 0.1) is 0 Å². The minimum Gasteiger partial charge on any atom is -0.383 e. The van der Waals surface area contributed by atoms with Gasteiger partial charge in [0, 0.05) is 5.71 Å². The number of hydrogen-bond acceptors (Lipinski definition) is 2. The third-order valence-electron chi connectivity index (χ3n) is 1.04. The van der Waals surface area contributed by atoms with Crippen molar-refractivity contribution in [1.29, 1.82) is 5.41 Å². The first kappa shape index (κ1) is 9.11. The summed E-state index contributed by atoms with van der Waals surface area (Å²) >= 11 is 0. The van der Waals surface area contributed by atoms with Crippen molar-refractivity contribution in [1.82, 2.24) is 0 Å². The van der Waals surface area contributed by atoms with E-state index in [1.165, 1.54) is 0 Å². The highest BCUT2D eigenvalue weighted by Gasteiger charge is 1.97. The summed E-state index contributed by atoms with van der Waals surface area (Å²) in [6.07, 6.45) is 6.25. The van der Waals surface area contributed by atoms with Gasteiger partial charge in [-0.25, -0.2) is 0 Å². The molecule has 2 nitrogen and oxygen atoms in total. The topological polar surface area (TPSA) is 44.1 Å². The minimum absolute atomic E-state index is 0.265. The largest absolute Gasteiger partial charge is 0.383 e. The molecule has 0 amide bonds. The highest BCUT2D eigenvalue weighted by molar-refractivity contribution is 5.84. The van der Waals surface area contributed by atoms with E-state index in [1.54, 1.807) is 19.1 Å². The van der Waals surface area contributed by atoms with Crippen molar-refractivity contribution in [2.45, 2.75) is 20.0 Å². The molecule has 0 rings (SSSR count). The SMILES string of the molecule is C/C=C/C=CC(O)C(C)=N. The molecule has 0 bridgehead atoms. The number of rotatable bonds is 3. The molecule has 0 aromatic carbocycles. The second-order valence-electron chi connectivity index (χ2n) is 2.04. The van der Waals surface area contributed by atoms with Crippen LogP contribution in [0.3, 0.4) is 0 Å². The highest BCUT2D eigenvalue weighted by Crippen LogP contribution is 1.88. The summed E-state index contributed by atoms with van der Waals surface area (Å²) in [5.41, 5.74) is 0.265. The molecule has 0 heterocycles. The van der Waals surface area contributed by atoms with Crippen LogP contribution < -0.4 is 0 Å². The molecule has 0 aliphatic rings. The Labute approximate surface area is 61.4 Å². The Bertz CT molecular complexity index is 159. The zero-order valence-electron chi connectivity index (χ0n) is 6.33. The summed E-state index contributed by atoms with van der Waals surface area (Å²) in [7, 11) is 0. The van der Waals surface area contributed by atoms with Crippen molar-refractivity contribution in [3.63, 3.8) is 0 Å². The van der Waals surface area contributed by atoms with Crippen molar-refractivity contribution >= 4 is 5.71 Å². The number of aliphatic hydroxyl groups excluding tert-OH is 1. The molecular formula is C8H13NO. The van der Waals surface area contributed by atoms with Crippen LogP contribution in [0.15, 0.2) is 24.3 Å². The second-order valence-corrected chi connectivity index (χ2v) is 2.04. The summed E-state index contributed by atoms with van der Waals surface area (Å²) in [4.78, 5) is 0. The predicted octanol–water partition coefficient (Wildman–Crippen LogP) is 1.52. The molecule has 0 aromatic heterocycles. The Hall–Kier alpha value is -0.890. The zero-order chi connectivity index (χ0) is 7.98. The maximum absolute atomic E-state index is 9.01. The Balaban J connectivity index is 3.77. The van der Waals surface area contributed by atoms with Crippen LogP contribution in [0.5, 0.6) is 0 Å². The van der Waals surface area contributed by atoms with E-state index in [0.29, 0.717) is 0 Å². The molecule has 10 heavy (non-hydrogen) atoms. The van der Waals surface area contributed by atoms with Gasteiger partial charge in [-0.15, -0.1) is 0 Å². The maximum Gasteiger partial charge on any atom is 0.109 e.